The van der Waals surface area contributed by atoms with Gasteiger partial charge in [0.25, 0.3) is 0 Å². The fraction of sp³-hybridized carbons (Fsp3) is 0.444. The zero-order valence-electron chi connectivity index (χ0n) is 7.54. The molecule has 78 valence electrons. The van der Waals surface area contributed by atoms with E-state index in [4.69, 9.17) is 15.3 Å². The van der Waals surface area contributed by atoms with Gasteiger partial charge in [-0.25, -0.2) is 0 Å². The lowest BCUT2D eigenvalue weighted by atomic mass is 9.97. The maximum atomic E-state index is 9.72. The van der Waals surface area contributed by atoms with Crippen molar-refractivity contribution >= 4 is 6.21 Å². The molecular formula is C9H13NO4. The molecule has 14 heavy (non-hydrogen) atoms. The van der Waals surface area contributed by atoms with Crippen LogP contribution < -0.4 is 0 Å². The molecule has 0 fully saturated rings. The van der Waals surface area contributed by atoms with E-state index in [-0.39, 0.29) is 18.9 Å². The lowest BCUT2D eigenvalue weighted by Gasteiger charge is -2.21. The summed E-state index contributed by atoms with van der Waals surface area (Å²) < 4.78 is 0. The van der Waals surface area contributed by atoms with Gasteiger partial charge >= 0.3 is 0 Å². The molecule has 1 aliphatic rings. The topological polar surface area (TPSA) is 93.3 Å². The van der Waals surface area contributed by atoms with E-state index in [0.717, 1.165) is 6.08 Å². The third kappa shape index (κ3) is 2.66. The smallest absolute Gasteiger partial charge is 0.140 e. The van der Waals surface area contributed by atoms with E-state index in [1.165, 1.54) is 18.4 Å². The molecular weight excluding hydrogens is 186 g/mol. The molecule has 0 aromatic rings. The molecule has 0 aliphatic heterocycles. The summed E-state index contributed by atoms with van der Waals surface area (Å²) in [5.74, 6) is -0.314. The summed E-state index contributed by atoms with van der Waals surface area (Å²) in [5.41, 5.74) is -1.47. The molecule has 2 atom stereocenters. The van der Waals surface area contributed by atoms with Crippen molar-refractivity contribution in [2.24, 2.45) is 4.99 Å². The van der Waals surface area contributed by atoms with Crippen molar-refractivity contribution in [3.8, 4) is 0 Å². The average molecular weight is 199 g/mol. The predicted molar refractivity (Wildman–Crippen MR) is 51.3 cm³/mol. The Kier molecular flexibility index (Phi) is 3.40. The Morgan fingerprint density at radius 3 is 2.86 bits per heavy atom. The molecule has 0 aromatic heterocycles. The fourth-order valence-corrected chi connectivity index (χ4v) is 1.06. The summed E-state index contributed by atoms with van der Waals surface area (Å²) in [4.78, 5) is 3.73. The van der Waals surface area contributed by atoms with Gasteiger partial charge in [0.2, 0.25) is 0 Å². The highest BCUT2D eigenvalue weighted by Crippen LogP contribution is 2.17. The van der Waals surface area contributed by atoms with E-state index in [9.17, 15) is 5.11 Å². The highest BCUT2D eigenvalue weighted by Gasteiger charge is 2.25. The molecule has 2 unspecified atom stereocenters. The highest BCUT2D eigenvalue weighted by atomic mass is 16.3. The van der Waals surface area contributed by atoms with Gasteiger partial charge in [0, 0.05) is 6.21 Å². The van der Waals surface area contributed by atoms with Gasteiger partial charge in [-0.15, -0.1) is 0 Å². The maximum Gasteiger partial charge on any atom is 0.140 e. The SMILES string of the molecule is OCC/N=C/C1(O)C=CC(O)C(O)=C1. The number of aliphatic hydroxyl groups is 4. The van der Waals surface area contributed by atoms with Gasteiger partial charge in [-0.2, -0.15) is 0 Å². The van der Waals surface area contributed by atoms with Gasteiger partial charge < -0.3 is 20.4 Å². The van der Waals surface area contributed by atoms with Crippen LogP contribution in [-0.2, 0) is 0 Å². The van der Waals surface area contributed by atoms with Gasteiger partial charge in [-0.1, -0.05) is 0 Å². The molecule has 0 spiro atoms. The molecule has 4 N–H and O–H groups in total. The largest absolute Gasteiger partial charge is 0.509 e. The number of hydrogen-bond acceptors (Lipinski definition) is 5. The van der Waals surface area contributed by atoms with Crippen molar-refractivity contribution in [1.29, 1.82) is 0 Å². The van der Waals surface area contributed by atoms with Crippen molar-refractivity contribution in [3.63, 3.8) is 0 Å². The normalized spacial score (nSPS) is 32.2. The highest BCUT2D eigenvalue weighted by molar-refractivity contribution is 5.75. The van der Waals surface area contributed by atoms with Gasteiger partial charge in [0.05, 0.1) is 13.2 Å². The van der Waals surface area contributed by atoms with E-state index >= 15 is 0 Å². The molecule has 0 saturated carbocycles. The summed E-state index contributed by atoms with van der Waals surface area (Å²) in [6.45, 7) is 0.0852. The summed E-state index contributed by atoms with van der Waals surface area (Å²) in [7, 11) is 0. The van der Waals surface area contributed by atoms with Crippen LogP contribution in [0.5, 0.6) is 0 Å². The summed E-state index contributed by atoms with van der Waals surface area (Å²) in [6.07, 6.45) is 3.81. The van der Waals surface area contributed by atoms with E-state index < -0.39 is 11.7 Å². The molecule has 0 radical (unpaired) electrons. The second-order valence-electron chi connectivity index (χ2n) is 3.02. The lowest BCUT2D eigenvalue weighted by molar-refractivity contribution is 0.159. The van der Waals surface area contributed by atoms with Crippen LogP contribution in [0.15, 0.2) is 29.0 Å². The first-order valence-corrected chi connectivity index (χ1v) is 4.21. The average Bonchev–Trinajstić information content (AvgIpc) is 2.13. The Labute approximate surface area is 81.3 Å². The van der Waals surface area contributed by atoms with Gasteiger partial charge in [0.1, 0.15) is 17.5 Å². The second kappa shape index (κ2) is 4.36. The number of rotatable bonds is 3. The molecule has 1 aliphatic carbocycles. The summed E-state index contributed by atoms with van der Waals surface area (Å²) in [5, 5.41) is 36.4. The molecule has 0 heterocycles. The first-order chi connectivity index (χ1) is 6.57. The van der Waals surface area contributed by atoms with E-state index in [1.54, 1.807) is 0 Å². The predicted octanol–water partition coefficient (Wildman–Crippen LogP) is -0.847. The van der Waals surface area contributed by atoms with Crippen LogP contribution in [-0.4, -0.2) is 51.5 Å². The zero-order valence-corrected chi connectivity index (χ0v) is 7.54. The van der Waals surface area contributed by atoms with Crippen LogP contribution in [0, 0.1) is 0 Å². The van der Waals surface area contributed by atoms with Crippen LogP contribution in [0.1, 0.15) is 0 Å². The first-order valence-electron chi connectivity index (χ1n) is 4.21. The van der Waals surface area contributed by atoms with Crippen LogP contribution in [0.25, 0.3) is 0 Å². The minimum absolute atomic E-state index is 0.103. The van der Waals surface area contributed by atoms with E-state index in [2.05, 4.69) is 4.99 Å². The van der Waals surface area contributed by atoms with Gasteiger partial charge in [-0.05, 0) is 18.2 Å². The Morgan fingerprint density at radius 2 is 2.29 bits per heavy atom. The number of aliphatic imine (C=N–C) groups is 1. The second-order valence-corrected chi connectivity index (χ2v) is 3.02. The van der Waals surface area contributed by atoms with Gasteiger partial charge in [0.15, 0.2) is 0 Å². The van der Waals surface area contributed by atoms with E-state index in [1.807, 2.05) is 0 Å². The lowest BCUT2D eigenvalue weighted by Crippen LogP contribution is -2.31. The van der Waals surface area contributed by atoms with Crippen molar-refractivity contribution in [1.82, 2.24) is 0 Å². The van der Waals surface area contributed by atoms with E-state index in [0.29, 0.717) is 0 Å². The molecule has 0 aromatic carbocycles. The maximum absolute atomic E-state index is 9.72. The molecule has 5 heteroatoms. The minimum Gasteiger partial charge on any atom is -0.509 e. The first kappa shape index (κ1) is 10.9. The molecule has 0 bridgehead atoms. The van der Waals surface area contributed by atoms with Crippen molar-refractivity contribution in [2.45, 2.75) is 11.7 Å². The third-order valence-electron chi connectivity index (χ3n) is 1.75. The van der Waals surface area contributed by atoms with Crippen LogP contribution >= 0.6 is 0 Å². The Morgan fingerprint density at radius 1 is 1.57 bits per heavy atom. The zero-order chi connectivity index (χ0) is 10.6. The van der Waals surface area contributed by atoms with Crippen LogP contribution in [0.4, 0.5) is 0 Å². The third-order valence-corrected chi connectivity index (χ3v) is 1.75. The van der Waals surface area contributed by atoms with Crippen LogP contribution in [0.3, 0.4) is 0 Å². The van der Waals surface area contributed by atoms with Crippen molar-refractivity contribution < 1.29 is 20.4 Å². The molecule has 0 amide bonds. The molecule has 0 saturated heterocycles. The minimum atomic E-state index is -1.47. The number of aliphatic hydroxyl groups excluding tert-OH is 3. The monoisotopic (exact) mass is 199 g/mol. The summed E-state index contributed by atoms with van der Waals surface area (Å²) in [6, 6.07) is 0. The molecule has 1 rings (SSSR count). The van der Waals surface area contributed by atoms with Gasteiger partial charge in [-0.3, -0.25) is 4.99 Å². The Balaban J connectivity index is 2.71. The Hall–Kier alpha value is -1.17. The standard InChI is InChI=1S/C9H13NO4/c11-4-3-10-6-9(14)2-1-7(12)8(13)5-9/h1-2,5-7,11-14H,3-4H2/b10-6+. The van der Waals surface area contributed by atoms with Crippen molar-refractivity contribution in [2.75, 3.05) is 13.2 Å². The van der Waals surface area contributed by atoms with Crippen molar-refractivity contribution in [3.05, 3.63) is 24.0 Å². The fourth-order valence-electron chi connectivity index (χ4n) is 1.06. The number of nitrogens with zero attached hydrogens (tertiary/aromatic N) is 1. The molecule has 5 nitrogen and oxygen atoms in total. The Bertz CT molecular complexity index is 285. The quantitative estimate of drug-likeness (QED) is 0.352. The summed E-state index contributed by atoms with van der Waals surface area (Å²) >= 11 is 0. The van der Waals surface area contributed by atoms with Crippen LogP contribution in [0.2, 0.25) is 0 Å². The number of hydrogen-bond donors (Lipinski definition) is 4.